The lowest BCUT2D eigenvalue weighted by molar-refractivity contribution is 0.0153. The van der Waals surface area contributed by atoms with Crippen LogP contribution in [0.2, 0.25) is 0 Å². The van der Waals surface area contributed by atoms with E-state index in [1.54, 1.807) is 6.20 Å². The first kappa shape index (κ1) is 14.4. The van der Waals surface area contributed by atoms with Gasteiger partial charge in [-0.25, -0.2) is 9.98 Å². The van der Waals surface area contributed by atoms with Crippen LogP contribution >= 0.6 is 0 Å². The summed E-state index contributed by atoms with van der Waals surface area (Å²) in [6, 6.07) is 2.34. The van der Waals surface area contributed by atoms with Crippen molar-refractivity contribution in [2.45, 2.75) is 38.4 Å². The summed E-state index contributed by atoms with van der Waals surface area (Å²) in [6.45, 7) is 3.63. The summed E-state index contributed by atoms with van der Waals surface area (Å²) in [5.41, 5.74) is 9.26. The van der Waals surface area contributed by atoms with Crippen molar-refractivity contribution in [2.24, 2.45) is 21.6 Å². The Balaban J connectivity index is 1.72. The second-order valence-corrected chi connectivity index (χ2v) is 6.41. The van der Waals surface area contributed by atoms with E-state index in [-0.39, 0.29) is 12.1 Å². The third-order valence-corrected chi connectivity index (χ3v) is 4.91. The van der Waals surface area contributed by atoms with E-state index >= 15 is 0 Å². The molecule has 0 bridgehead atoms. The Kier molecular flexibility index (Phi) is 3.65. The molecule has 3 unspecified atom stereocenters. The first-order chi connectivity index (χ1) is 11.2. The second kappa shape index (κ2) is 5.81. The number of ether oxygens (including phenoxy) is 1. The van der Waals surface area contributed by atoms with Crippen molar-refractivity contribution < 1.29 is 4.74 Å². The van der Waals surface area contributed by atoms with Gasteiger partial charge in [-0.2, -0.15) is 5.10 Å². The maximum atomic E-state index is 5.92. The molecule has 0 amide bonds. The number of hydrogen-bond acceptors (Lipinski definition) is 6. The Morgan fingerprint density at radius 1 is 1.43 bits per heavy atom. The van der Waals surface area contributed by atoms with Crippen LogP contribution < -0.4 is 5.73 Å². The molecule has 3 aliphatic heterocycles. The standard InChI is InChI=1S/C16H22N6O/c1-10-13-7-11(14-4-5-18-21-14)8-22(12-3-2-6-23-9-12)15(13)20-16(17)19-10/h4-5,8,12-13,15H,2-3,6-7,9H2,1H3,(H2,17,20)(H,18,21). The van der Waals surface area contributed by atoms with Gasteiger partial charge in [0.15, 0.2) is 0 Å². The van der Waals surface area contributed by atoms with Crippen molar-refractivity contribution in [3.05, 3.63) is 24.2 Å². The van der Waals surface area contributed by atoms with Gasteiger partial charge in [-0.15, -0.1) is 0 Å². The van der Waals surface area contributed by atoms with Gasteiger partial charge in [0.1, 0.15) is 6.17 Å². The molecule has 1 aromatic heterocycles. The SMILES string of the molecule is CC1=NC(N)=NC2C1CC(c1ccn[nH]1)=CN2C1CCCOC1. The fourth-order valence-electron chi connectivity index (χ4n) is 3.70. The molecule has 0 aliphatic carbocycles. The van der Waals surface area contributed by atoms with E-state index in [4.69, 9.17) is 10.5 Å². The van der Waals surface area contributed by atoms with Gasteiger partial charge < -0.3 is 15.4 Å². The van der Waals surface area contributed by atoms with Gasteiger partial charge in [-0.1, -0.05) is 0 Å². The molecule has 3 aliphatic rings. The topological polar surface area (TPSA) is 91.9 Å². The van der Waals surface area contributed by atoms with Crippen LogP contribution in [0.15, 0.2) is 28.4 Å². The van der Waals surface area contributed by atoms with Gasteiger partial charge in [0, 0.05) is 30.6 Å². The van der Waals surface area contributed by atoms with Gasteiger partial charge in [0.2, 0.25) is 5.96 Å². The summed E-state index contributed by atoms with van der Waals surface area (Å²) in [7, 11) is 0. The third-order valence-electron chi connectivity index (χ3n) is 4.91. The van der Waals surface area contributed by atoms with Gasteiger partial charge in [0.05, 0.1) is 18.3 Å². The number of rotatable bonds is 2. The van der Waals surface area contributed by atoms with Crippen LogP contribution in [0.5, 0.6) is 0 Å². The Morgan fingerprint density at radius 3 is 3.09 bits per heavy atom. The second-order valence-electron chi connectivity index (χ2n) is 6.41. The Morgan fingerprint density at radius 2 is 2.35 bits per heavy atom. The summed E-state index contributed by atoms with van der Waals surface area (Å²) in [5.74, 6) is 0.622. The molecular weight excluding hydrogens is 292 g/mol. The molecular formula is C16H22N6O. The van der Waals surface area contributed by atoms with Crippen LogP contribution in [-0.2, 0) is 4.74 Å². The van der Waals surface area contributed by atoms with Gasteiger partial charge in [-0.3, -0.25) is 5.10 Å². The number of H-pyrrole nitrogens is 1. The molecule has 1 fully saturated rings. The molecule has 0 aromatic carbocycles. The van der Waals surface area contributed by atoms with Crippen LogP contribution in [0.4, 0.5) is 0 Å². The number of aromatic amines is 1. The van der Waals surface area contributed by atoms with Crippen LogP contribution in [-0.4, -0.2) is 52.2 Å². The van der Waals surface area contributed by atoms with E-state index in [0.717, 1.165) is 43.9 Å². The van der Waals surface area contributed by atoms with Gasteiger partial charge >= 0.3 is 0 Å². The maximum Gasteiger partial charge on any atom is 0.217 e. The van der Waals surface area contributed by atoms with Crippen molar-refractivity contribution in [3.8, 4) is 0 Å². The summed E-state index contributed by atoms with van der Waals surface area (Å²) in [5, 5.41) is 7.16. The van der Waals surface area contributed by atoms with Crippen molar-refractivity contribution >= 4 is 17.2 Å². The molecule has 7 heteroatoms. The van der Waals surface area contributed by atoms with E-state index in [1.807, 2.05) is 13.0 Å². The number of nitrogens with two attached hydrogens (primary N) is 1. The number of guanidine groups is 1. The Hall–Kier alpha value is -2.15. The normalized spacial score (nSPS) is 31.1. The van der Waals surface area contributed by atoms with Crippen molar-refractivity contribution in [1.82, 2.24) is 15.1 Å². The molecule has 1 saturated heterocycles. The quantitative estimate of drug-likeness (QED) is 0.862. The average Bonchev–Trinajstić information content (AvgIpc) is 3.09. The van der Waals surface area contributed by atoms with Gasteiger partial charge in [-0.05, 0) is 37.8 Å². The van der Waals surface area contributed by atoms with E-state index in [2.05, 4.69) is 31.3 Å². The largest absolute Gasteiger partial charge is 0.379 e. The number of allylic oxidation sites excluding steroid dienone is 1. The smallest absolute Gasteiger partial charge is 0.217 e. The molecule has 4 rings (SSSR count). The molecule has 23 heavy (non-hydrogen) atoms. The third kappa shape index (κ3) is 2.65. The number of nitrogens with zero attached hydrogens (tertiary/aromatic N) is 4. The molecule has 3 N–H and O–H groups in total. The lowest BCUT2D eigenvalue weighted by Crippen LogP contribution is -2.51. The summed E-state index contributed by atoms with van der Waals surface area (Å²) < 4.78 is 5.69. The zero-order valence-corrected chi connectivity index (χ0v) is 13.3. The molecule has 0 spiro atoms. The first-order valence-corrected chi connectivity index (χ1v) is 8.16. The number of nitrogens with one attached hydrogen (secondary N) is 1. The highest BCUT2D eigenvalue weighted by molar-refractivity contribution is 5.99. The molecule has 1 aromatic rings. The van der Waals surface area contributed by atoms with Gasteiger partial charge in [0.25, 0.3) is 0 Å². The average molecular weight is 314 g/mol. The molecule has 0 radical (unpaired) electrons. The summed E-state index contributed by atoms with van der Waals surface area (Å²) >= 11 is 0. The molecule has 3 atom stereocenters. The fraction of sp³-hybridized carbons (Fsp3) is 0.562. The predicted octanol–water partition coefficient (Wildman–Crippen LogP) is 1.37. The molecule has 0 saturated carbocycles. The highest BCUT2D eigenvalue weighted by atomic mass is 16.5. The number of aromatic nitrogens is 2. The molecule has 7 nitrogen and oxygen atoms in total. The lowest BCUT2D eigenvalue weighted by atomic mass is 9.86. The van der Waals surface area contributed by atoms with Crippen molar-refractivity contribution in [2.75, 3.05) is 13.2 Å². The highest BCUT2D eigenvalue weighted by Crippen LogP contribution is 2.37. The lowest BCUT2D eigenvalue weighted by Gasteiger charge is -2.45. The van der Waals surface area contributed by atoms with Crippen LogP contribution in [0.1, 0.15) is 31.9 Å². The van der Waals surface area contributed by atoms with E-state index in [0.29, 0.717) is 12.0 Å². The first-order valence-electron chi connectivity index (χ1n) is 8.16. The van der Waals surface area contributed by atoms with E-state index in [1.165, 1.54) is 5.57 Å². The van der Waals surface area contributed by atoms with E-state index < -0.39 is 0 Å². The van der Waals surface area contributed by atoms with Crippen LogP contribution in [0, 0.1) is 5.92 Å². The number of fused-ring (bicyclic) bond motifs is 1. The van der Waals surface area contributed by atoms with Crippen LogP contribution in [0.3, 0.4) is 0 Å². The summed E-state index contributed by atoms with van der Waals surface area (Å²) in [6.07, 6.45) is 7.10. The minimum atomic E-state index is 0.0193. The minimum Gasteiger partial charge on any atom is -0.379 e. The number of hydrogen-bond donors (Lipinski definition) is 2. The Bertz CT molecular complexity index is 656. The number of aliphatic imine (C=N–C) groups is 2. The maximum absolute atomic E-state index is 5.92. The van der Waals surface area contributed by atoms with Crippen molar-refractivity contribution in [3.63, 3.8) is 0 Å². The molecule has 122 valence electrons. The zero-order chi connectivity index (χ0) is 15.8. The monoisotopic (exact) mass is 314 g/mol. The highest BCUT2D eigenvalue weighted by Gasteiger charge is 2.39. The van der Waals surface area contributed by atoms with E-state index in [9.17, 15) is 0 Å². The predicted molar refractivity (Wildman–Crippen MR) is 88.9 cm³/mol. The zero-order valence-electron chi connectivity index (χ0n) is 13.3. The molecule has 4 heterocycles. The fourth-order valence-corrected chi connectivity index (χ4v) is 3.70. The van der Waals surface area contributed by atoms with Crippen LogP contribution in [0.25, 0.3) is 5.57 Å². The van der Waals surface area contributed by atoms with Crippen molar-refractivity contribution in [1.29, 1.82) is 0 Å². The minimum absolute atomic E-state index is 0.0193. The summed E-state index contributed by atoms with van der Waals surface area (Å²) in [4.78, 5) is 11.4. The Labute approximate surface area is 135 Å².